The highest BCUT2D eigenvalue weighted by Crippen LogP contribution is 2.46. The van der Waals surface area contributed by atoms with Crippen molar-refractivity contribution in [2.45, 2.75) is 82.1 Å². The van der Waals surface area contributed by atoms with Crippen LogP contribution in [0.2, 0.25) is 5.02 Å². The van der Waals surface area contributed by atoms with Crippen molar-refractivity contribution in [2.24, 2.45) is 31.3 Å². The number of nitrogens with zero attached hydrogens (tertiary/aromatic N) is 9. The van der Waals surface area contributed by atoms with Gasteiger partial charge in [-0.1, -0.05) is 11.6 Å². The minimum Gasteiger partial charge on any atom is -0.480 e. The zero-order chi connectivity index (χ0) is 45.5. The number of imide groups is 1. The van der Waals surface area contributed by atoms with E-state index in [1.807, 2.05) is 11.7 Å². The van der Waals surface area contributed by atoms with E-state index in [1.54, 1.807) is 25.5 Å². The number of hydrogen-bond donors (Lipinski definition) is 3. The second-order valence-electron chi connectivity index (χ2n) is 19.6. The molecule has 5 aromatic rings. The molecule has 3 N–H and O–H groups in total. The van der Waals surface area contributed by atoms with Crippen LogP contribution in [0.3, 0.4) is 0 Å². The van der Waals surface area contributed by atoms with Crippen LogP contribution in [0.5, 0.6) is 5.75 Å². The lowest BCUT2D eigenvalue weighted by atomic mass is 9.71. The summed E-state index contributed by atoms with van der Waals surface area (Å²) in [5.74, 6) is -2.71. The van der Waals surface area contributed by atoms with Gasteiger partial charge in [-0.3, -0.25) is 28.9 Å². The van der Waals surface area contributed by atoms with Gasteiger partial charge >= 0.3 is 5.92 Å². The van der Waals surface area contributed by atoms with Crippen molar-refractivity contribution in [2.75, 3.05) is 72.9 Å². The third kappa shape index (κ3) is 7.96. The van der Waals surface area contributed by atoms with Crippen LogP contribution in [0, 0.1) is 17.3 Å². The summed E-state index contributed by atoms with van der Waals surface area (Å²) in [6.07, 6.45) is 12.2. The fraction of sp³-hybridized carbons (Fsp3) is 0.553. The van der Waals surface area contributed by atoms with Crippen LogP contribution in [0.1, 0.15) is 75.8 Å². The molecule has 6 aliphatic rings. The number of amides is 2. The predicted molar refractivity (Wildman–Crippen MR) is 248 cm³/mol. The van der Waals surface area contributed by atoms with E-state index in [9.17, 15) is 14.4 Å². The molecule has 4 aromatic heterocycles. The molecular weight excluding hydrogens is 870 g/mol. The van der Waals surface area contributed by atoms with Crippen molar-refractivity contribution in [1.29, 1.82) is 0 Å². The lowest BCUT2D eigenvalue weighted by Crippen LogP contribution is -2.48. The van der Waals surface area contributed by atoms with Gasteiger partial charge in [0.1, 0.15) is 10.7 Å². The Kier molecular flexibility index (Phi) is 10.8. The molecular formula is C47H55ClF2N12O4. The highest BCUT2D eigenvalue weighted by atomic mass is 35.5. The molecule has 9 heterocycles. The highest BCUT2D eigenvalue weighted by molar-refractivity contribution is 6.33. The molecule has 1 aromatic carbocycles. The number of carbonyl (C=O) groups excluding carboxylic acids is 2. The van der Waals surface area contributed by atoms with Crippen LogP contribution in [0.4, 0.5) is 37.6 Å². The van der Waals surface area contributed by atoms with Gasteiger partial charge in [0.2, 0.25) is 23.5 Å². The number of carbonyl (C=O) groups is 2. The number of aryl methyl sites for hydroxylation is 2. The molecule has 19 heteroatoms. The third-order valence-corrected chi connectivity index (χ3v) is 15.7. The van der Waals surface area contributed by atoms with E-state index in [-0.39, 0.29) is 29.2 Å². The summed E-state index contributed by atoms with van der Waals surface area (Å²) in [5.41, 5.74) is 3.80. The van der Waals surface area contributed by atoms with Gasteiger partial charge in [-0.15, -0.1) is 0 Å². The minimum atomic E-state index is -3.14. The number of benzene rings is 1. The first kappa shape index (κ1) is 43.0. The Labute approximate surface area is 385 Å². The van der Waals surface area contributed by atoms with E-state index in [0.29, 0.717) is 70.5 Å². The number of rotatable bonds is 8. The molecule has 1 saturated carbocycles. The highest BCUT2D eigenvalue weighted by Gasteiger charge is 2.51. The van der Waals surface area contributed by atoms with E-state index in [1.165, 1.54) is 23.1 Å². The largest absolute Gasteiger partial charge is 0.480 e. The predicted octanol–water partition coefficient (Wildman–Crippen LogP) is 6.34. The van der Waals surface area contributed by atoms with Gasteiger partial charge in [-0.2, -0.15) is 10.1 Å². The van der Waals surface area contributed by atoms with E-state index in [2.05, 4.69) is 58.8 Å². The van der Waals surface area contributed by atoms with Gasteiger partial charge in [-0.25, -0.2) is 18.7 Å². The van der Waals surface area contributed by atoms with Crippen molar-refractivity contribution in [1.82, 2.24) is 39.5 Å². The van der Waals surface area contributed by atoms with E-state index in [0.717, 1.165) is 88.1 Å². The van der Waals surface area contributed by atoms with E-state index >= 15 is 8.78 Å². The molecule has 0 bridgehead atoms. The average Bonchev–Trinajstić information content (AvgIpc) is 4.12. The summed E-state index contributed by atoms with van der Waals surface area (Å²) in [7, 11) is 3.47. The topological polar surface area (TPSA) is 168 Å². The maximum Gasteiger partial charge on any atom is 0.301 e. The van der Waals surface area contributed by atoms with Gasteiger partial charge < -0.3 is 30.1 Å². The number of hydrogen-bond acceptors (Lipinski definition) is 13. The van der Waals surface area contributed by atoms with Crippen molar-refractivity contribution in [3.63, 3.8) is 0 Å². The first-order valence-electron chi connectivity index (χ1n) is 23.4. The standard InChI is InChI=1S/C47H55ClF2N12O4/c1-58-42-33(38-39(44(58)65)66-26-47(49,50)40(55-38)28-3-4-28)21-29(23-51-42)53-41-34(48)24-52-45(56-41)62-19-13-46(14-20-62)11-17-60(18-12-46)25-27-9-15-61(16-10-27)30-5-6-31-35(22-30)59(2)57-37(31)32-7-8-36(63)54-43(32)64/h5-6,21-24,27-28,32,40,55H,3-4,7-20,25-26H2,1-2H3,(H,52,53,56)(H,54,63,64)/t32?,40-/m0/s1. The molecule has 5 fully saturated rings. The normalized spacial score (nSPS) is 23.7. The number of ether oxygens (including phenoxy) is 1. The molecule has 66 heavy (non-hydrogen) atoms. The van der Waals surface area contributed by atoms with Crippen LogP contribution in [0.25, 0.3) is 21.9 Å². The number of piperidine rings is 4. The van der Waals surface area contributed by atoms with Crippen LogP contribution in [0.15, 0.2) is 41.5 Å². The number of nitrogens with one attached hydrogen (secondary N) is 3. The van der Waals surface area contributed by atoms with Crippen LogP contribution >= 0.6 is 11.6 Å². The average molecular weight is 925 g/mol. The number of halogens is 3. The van der Waals surface area contributed by atoms with E-state index < -0.39 is 30.0 Å². The fourth-order valence-electron chi connectivity index (χ4n) is 11.2. The second-order valence-corrected chi connectivity index (χ2v) is 20.0. The molecule has 2 amide bonds. The minimum absolute atomic E-state index is 0.137. The van der Waals surface area contributed by atoms with Crippen molar-refractivity contribution >= 4 is 74.2 Å². The lowest BCUT2D eigenvalue weighted by molar-refractivity contribution is -0.134. The molecule has 1 unspecified atom stereocenters. The molecule has 0 radical (unpaired) electrons. The van der Waals surface area contributed by atoms with Crippen molar-refractivity contribution in [3.05, 3.63) is 57.7 Å². The van der Waals surface area contributed by atoms with Gasteiger partial charge in [0, 0.05) is 69.7 Å². The molecule has 5 aliphatic heterocycles. The Hall–Kier alpha value is -5.62. The zero-order valence-electron chi connectivity index (χ0n) is 37.3. The molecule has 4 saturated heterocycles. The maximum atomic E-state index is 15.2. The molecule has 2 atom stereocenters. The second kappa shape index (κ2) is 16.6. The third-order valence-electron chi connectivity index (χ3n) is 15.4. The van der Waals surface area contributed by atoms with Crippen LogP contribution < -0.4 is 36.0 Å². The van der Waals surface area contributed by atoms with Gasteiger partial charge in [0.15, 0.2) is 12.4 Å². The number of likely N-dealkylation sites (tertiary alicyclic amines) is 1. The first-order chi connectivity index (χ1) is 31.8. The molecule has 348 valence electrons. The molecule has 1 spiro atoms. The maximum absolute atomic E-state index is 15.2. The van der Waals surface area contributed by atoms with Gasteiger partial charge in [0.05, 0.1) is 46.9 Å². The van der Waals surface area contributed by atoms with E-state index in [4.69, 9.17) is 26.4 Å². The number of aromatic nitrogens is 6. The summed E-state index contributed by atoms with van der Waals surface area (Å²) in [5, 5.41) is 15.3. The number of alkyl halides is 2. The number of anilines is 5. The molecule has 16 nitrogen and oxygen atoms in total. The van der Waals surface area contributed by atoms with Gasteiger partial charge in [0.25, 0.3) is 5.56 Å². The Bertz CT molecular complexity index is 2790. The Morgan fingerprint density at radius 1 is 0.894 bits per heavy atom. The Morgan fingerprint density at radius 2 is 1.65 bits per heavy atom. The van der Waals surface area contributed by atoms with Crippen LogP contribution in [-0.2, 0) is 23.7 Å². The fourth-order valence-corrected chi connectivity index (χ4v) is 11.3. The molecule has 1 aliphatic carbocycles. The lowest BCUT2D eigenvalue weighted by Gasteiger charge is -2.47. The summed E-state index contributed by atoms with van der Waals surface area (Å²) in [4.78, 5) is 59.0. The Morgan fingerprint density at radius 3 is 2.39 bits per heavy atom. The quantitative estimate of drug-likeness (QED) is 0.148. The van der Waals surface area contributed by atoms with Crippen molar-refractivity contribution in [3.8, 4) is 5.75 Å². The van der Waals surface area contributed by atoms with Gasteiger partial charge in [-0.05, 0) is 112 Å². The summed E-state index contributed by atoms with van der Waals surface area (Å²) in [6.45, 7) is 6.19. The smallest absolute Gasteiger partial charge is 0.301 e. The Balaban J connectivity index is 0.686. The summed E-state index contributed by atoms with van der Waals surface area (Å²) >= 11 is 6.65. The zero-order valence-corrected chi connectivity index (χ0v) is 38.0. The van der Waals surface area contributed by atoms with Crippen molar-refractivity contribution < 1.29 is 23.1 Å². The number of pyridine rings is 2. The monoisotopic (exact) mass is 924 g/mol. The summed E-state index contributed by atoms with van der Waals surface area (Å²) in [6, 6.07) is 7.05. The number of fused-ring (bicyclic) bond motifs is 4. The SMILES string of the molecule is Cn1nc(C2CCC(=O)NC2=O)c2ccc(N3CCC(CN4CCC5(CC4)CCN(c4ncc(Cl)c(Nc6cnc7c(c6)c6c(c(=O)n7C)OCC(F)(F)[C@H](C7CC7)N6)n4)CC5)CC3)cc21. The summed E-state index contributed by atoms with van der Waals surface area (Å²) < 4.78 is 39.1. The van der Waals surface area contributed by atoms with Crippen LogP contribution in [-0.4, -0.2) is 110 Å². The molecule has 11 rings (SSSR count). The first-order valence-corrected chi connectivity index (χ1v) is 23.8.